The first-order valence-corrected chi connectivity index (χ1v) is 13.0. The summed E-state index contributed by atoms with van der Waals surface area (Å²) >= 11 is 0. The van der Waals surface area contributed by atoms with Crippen molar-refractivity contribution in [3.63, 3.8) is 0 Å². The number of hydrogen-bond acceptors (Lipinski definition) is 8. The molecule has 0 amide bonds. The molecule has 0 saturated carbocycles. The van der Waals surface area contributed by atoms with Gasteiger partial charge < -0.3 is 29.2 Å². The molecular weight excluding hydrogens is 470 g/mol. The molecule has 0 unspecified atom stereocenters. The molecule has 0 bridgehead atoms. The largest absolute Gasteiger partial charge is 0.497 e. The normalized spacial score (nSPS) is 16.1. The molecule has 1 aromatic heterocycles. The molecule has 8 nitrogen and oxygen atoms in total. The zero-order chi connectivity index (χ0) is 25.6. The topological polar surface area (TPSA) is 82.2 Å². The van der Waals surface area contributed by atoms with E-state index in [0.717, 1.165) is 84.7 Å². The fraction of sp³-hybridized carbons (Fsp3) is 0.448. The molecule has 5 rings (SSSR count). The number of nitrogens with zero attached hydrogens (tertiary/aromatic N) is 2. The molecule has 0 spiro atoms. The first kappa shape index (κ1) is 25.3. The zero-order valence-corrected chi connectivity index (χ0v) is 21.6. The minimum atomic E-state index is -0.267. The number of benzene rings is 2. The van der Waals surface area contributed by atoms with Crippen LogP contribution in [0, 0.1) is 0 Å². The number of hydrogen-bond donors (Lipinski definition) is 1. The van der Waals surface area contributed by atoms with Crippen LogP contribution in [0.15, 0.2) is 42.6 Å². The highest BCUT2D eigenvalue weighted by atomic mass is 16.6. The summed E-state index contributed by atoms with van der Waals surface area (Å²) in [5, 5.41) is 5.78. The molecule has 1 N–H and O–H groups in total. The number of piperidine rings is 1. The number of methoxy groups -OCH3 is 2. The monoisotopic (exact) mass is 505 g/mol. The SMILES string of the molecule is COC(=O)Cc1cnc(CCN2CCC(NCc3ccc4c(c3)OCCO4)CC2)c2cc(OC)ccc12. The fourth-order valence-electron chi connectivity index (χ4n) is 5.12. The van der Waals surface area contributed by atoms with Crippen molar-refractivity contribution >= 4 is 16.7 Å². The Morgan fingerprint density at radius 3 is 2.65 bits per heavy atom. The molecule has 0 aliphatic carbocycles. The van der Waals surface area contributed by atoms with Crippen molar-refractivity contribution in [1.29, 1.82) is 0 Å². The Morgan fingerprint density at radius 2 is 1.86 bits per heavy atom. The third-order valence-corrected chi connectivity index (χ3v) is 7.28. The van der Waals surface area contributed by atoms with E-state index in [4.69, 9.17) is 23.9 Å². The number of carbonyl (C=O) groups excluding carboxylic acids is 1. The predicted octanol–water partition coefficient (Wildman–Crippen LogP) is 3.53. The lowest BCUT2D eigenvalue weighted by Gasteiger charge is -2.32. The maximum atomic E-state index is 11.9. The molecule has 2 aliphatic heterocycles. The van der Waals surface area contributed by atoms with Crippen LogP contribution in [0.2, 0.25) is 0 Å². The average molecular weight is 506 g/mol. The minimum Gasteiger partial charge on any atom is -0.497 e. The predicted molar refractivity (Wildman–Crippen MR) is 141 cm³/mol. The van der Waals surface area contributed by atoms with Crippen molar-refractivity contribution in [2.45, 2.75) is 38.3 Å². The van der Waals surface area contributed by atoms with E-state index < -0.39 is 0 Å². The molecule has 2 aromatic carbocycles. The second-order valence-corrected chi connectivity index (χ2v) is 9.62. The van der Waals surface area contributed by atoms with Gasteiger partial charge in [0, 0.05) is 42.8 Å². The van der Waals surface area contributed by atoms with Gasteiger partial charge in [-0.15, -0.1) is 0 Å². The number of carbonyl (C=O) groups is 1. The smallest absolute Gasteiger partial charge is 0.310 e. The van der Waals surface area contributed by atoms with Crippen molar-refractivity contribution in [2.24, 2.45) is 0 Å². The Morgan fingerprint density at radius 1 is 1.05 bits per heavy atom. The standard InChI is InChI=1S/C29H35N3O5/c1-34-23-4-5-24-21(16-29(33)35-2)19-31-26(25(24)17-23)9-12-32-10-7-22(8-11-32)30-18-20-3-6-27-28(15-20)37-14-13-36-27/h3-6,15,17,19,22,30H,7-14,16,18H2,1-2H3. The summed E-state index contributed by atoms with van der Waals surface area (Å²) in [6.07, 6.45) is 5.10. The van der Waals surface area contributed by atoms with Gasteiger partial charge in [-0.2, -0.15) is 0 Å². The molecule has 1 fully saturated rings. The summed E-state index contributed by atoms with van der Waals surface area (Å²) in [4.78, 5) is 19.1. The Labute approximate surface area is 217 Å². The molecule has 0 atom stereocenters. The first-order chi connectivity index (χ1) is 18.1. The molecule has 196 valence electrons. The van der Waals surface area contributed by atoms with Crippen LogP contribution in [0.3, 0.4) is 0 Å². The van der Waals surface area contributed by atoms with Gasteiger partial charge in [-0.1, -0.05) is 12.1 Å². The molecule has 3 heterocycles. The Bertz CT molecular complexity index is 1240. The molecular formula is C29H35N3O5. The highest BCUT2D eigenvalue weighted by molar-refractivity contribution is 5.91. The van der Waals surface area contributed by atoms with Crippen molar-refractivity contribution < 1.29 is 23.7 Å². The summed E-state index contributed by atoms with van der Waals surface area (Å²) in [6, 6.07) is 12.7. The van der Waals surface area contributed by atoms with Gasteiger partial charge in [0.2, 0.25) is 0 Å². The maximum absolute atomic E-state index is 11.9. The van der Waals surface area contributed by atoms with Crippen LogP contribution in [0.25, 0.3) is 10.8 Å². The number of rotatable bonds is 9. The van der Waals surface area contributed by atoms with E-state index in [-0.39, 0.29) is 12.4 Å². The highest BCUT2D eigenvalue weighted by Gasteiger charge is 2.20. The van der Waals surface area contributed by atoms with E-state index in [1.165, 1.54) is 12.7 Å². The molecule has 2 aliphatic rings. The Hall–Kier alpha value is -3.36. The Balaban J connectivity index is 1.15. The molecule has 8 heteroatoms. The number of aromatic nitrogens is 1. The molecule has 1 saturated heterocycles. The second-order valence-electron chi connectivity index (χ2n) is 9.62. The number of ether oxygens (including phenoxy) is 4. The number of likely N-dealkylation sites (tertiary alicyclic amines) is 1. The van der Waals surface area contributed by atoms with E-state index in [9.17, 15) is 4.79 Å². The number of pyridine rings is 1. The van der Waals surface area contributed by atoms with Crippen LogP contribution >= 0.6 is 0 Å². The van der Waals surface area contributed by atoms with Crippen LogP contribution < -0.4 is 19.5 Å². The lowest BCUT2D eigenvalue weighted by atomic mass is 10.0. The molecule has 37 heavy (non-hydrogen) atoms. The fourth-order valence-corrected chi connectivity index (χ4v) is 5.12. The highest BCUT2D eigenvalue weighted by Crippen LogP contribution is 2.31. The van der Waals surface area contributed by atoms with Crippen LogP contribution in [-0.2, 0) is 28.9 Å². The lowest BCUT2D eigenvalue weighted by molar-refractivity contribution is -0.139. The quantitative estimate of drug-likeness (QED) is 0.443. The van der Waals surface area contributed by atoms with Crippen LogP contribution in [0.5, 0.6) is 17.2 Å². The third kappa shape index (κ3) is 6.14. The number of nitrogens with one attached hydrogen (secondary N) is 1. The van der Waals surface area contributed by atoms with E-state index in [1.807, 2.05) is 30.5 Å². The molecule has 0 radical (unpaired) electrons. The van der Waals surface area contributed by atoms with Gasteiger partial charge in [-0.3, -0.25) is 9.78 Å². The van der Waals surface area contributed by atoms with Gasteiger partial charge >= 0.3 is 5.97 Å². The van der Waals surface area contributed by atoms with E-state index in [1.54, 1.807) is 7.11 Å². The number of fused-ring (bicyclic) bond motifs is 2. The summed E-state index contributed by atoms with van der Waals surface area (Å²) in [6.45, 7) is 5.12. The van der Waals surface area contributed by atoms with Gasteiger partial charge in [0.05, 0.1) is 20.6 Å². The van der Waals surface area contributed by atoms with E-state index in [0.29, 0.717) is 19.3 Å². The van der Waals surface area contributed by atoms with Crippen LogP contribution in [0.4, 0.5) is 0 Å². The van der Waals surface area contributed by atoms with Crippen LogP contribution in [0.1, 0.15) is 29.7 Å². The van der Waals surface area contributed by atoms with Gasteiger partial charge in [-0.25, -0.2) is 0 Å². The van der Waals surface area contributed by atoms with Crippen molar-refractivity contribution in [3.8, 4) is 17.2 Å². The summed E-state index contributed by atoms with van der Waals surface area (Å²) in [7, 11) is 3.07. The summed E-state index contributed by atoms with van der Waals surface area (Å²) in [5.74, 6) is 2.20. The maximum Gasteiger partial charge on any atom is 0.310 e. The van der Waals surface area contributed by atoms with Crippen molar-refractivity contribution in [2.75, 3.05) is 47.1 Å². The van der Waals surface area contributed by atoms with Crippen molar-refractivity contribution in [1.82, 2.24) is 15.2 Å². The van der Waals surface area contributed by atoms with Crippen molar-refractivity contribution in [3.05, 3.63) is 59.4 Å². The summed E-state index contributed by atoms with van der Waals surface area (Å²) < 4.78 is 21.7. The Kier molecular flexibility index (Phi) is 8.06. The first-order valence-electron chi connectivity index (χ1n) is 13.0. The van der Waals surface area contributed by atoms with Gasteiger partial charge in [0.15, 0.2) is 11.5 Å². The van der Waals surface area contributed by atoms with Gasteiger partial charge in [0.1, 0.15) is 19.0 Å². The van der Waals surface area contributed by atoms with E-state index >= 15 is 0 Å². The minimum absolute atomic E-state index is 0.208. The summed E-state index contributed by atoms with van der Waals surface area (Å²) in [5.41, 5.74) is 3.12. The zero-order valence-electron chi connectivity index (χ0n) is 21.6. The molecule has 3 aromatic rings. The third-order valence-electron chi connectivity index (χ3n) is 7.28. The number of esters is 1. The lowest BCUT2D eigenvalue weighted by Crippen LogP contribution is -2.42. The second kappa shape index (κ2) is 11.8. The average Bonchev–Trinajstić information content (AvgIpc) is 2.95. The van der Waals surface area contributed by atoms with E-state index in [2.05, 4.69) is 22.3 Å². The van der Waals surface area contributed by atoms with Gasteiger partial charge in [-0.05, 0) is 66.7 Å². The van der Waals surface area contributed by atoms with Crippen LogP contribution in [-0.4, -0.2) is 69.0 Å². The van der Waals surface area contributed by atoms with Gasteiger partial charge in [0.25, 0.3) is 0 Å².